The van der Waals surface area contributed by atoms with E-state index in [1.54, 1.807) is 0 Å². The Labute approximate surface area is 60.3 Å². The van der Waals surface area contributed by atoms with E-state index in [4.69, 9.17) is 10.00 Å². The number of nitrogens with zero attached hydrogens (tertiary/aromatic N) is 1. The van der Waals surface area contributed by atoms with Crippen molar-refractivity contribution in [1.29, 1.82) is 5.26 Å². The number of rotatable bonds is 2. The van der Waals surface area contributed by atoms with Crippen LogP contribution < -0.4 is 5.32 Å². The molecule has 0 amide bonds. The van der Waals surface area contributed by atoms with Gasteiger partial charge >= 0.3 is 0 Å². The zero-order chi connectivity index (χ0) is 7.23. The van der Waals surface area contributed by atoms with E-state index in [1.807, 2.05) is 12.3 Å². The van der Waals surface area contributed by atoms with Gasteiger partial charge in [0.1, 0.15) is 0 Å². The van der Waals surface area contributed by atoms with Crippen molar-refractivity contribution in [3.05, 3.63) is 11.6 Å². The van der Waals surface area contributed by atoms with E-state index in [2.05, 4.69) is 5.32 Å². The maximum atomic E-state index is 8.18. The van der Waals surface area contributed by atoms with Gasteiger partial charge in [-0.25, -0.2) is 0 Å². The van der Waals surface area contributed by atoms with E-state index in [0.29, 0.717) is 13.2 Å². The normalized spacial score (nSPS) is 17.3. The van der Waals surface area contributed by atoms with Crippen LogP contribution in [0.4, 0.5) is 0 Å². The van der Waals surface area contributed by atoms with Gasteiger partial charge in [-0.05, 0) is 12.0 Å². The van der Waals surface area contributed by atoms with Crippen LogP contribution in [0.1, 0.15) is 6.42 Å². The van der Waals surface area contributed by atoms with Crippen molar-refractivity contribution < 1.29 is 4.74 Å². The van der Waals surface area contributed by atoms with Gasteiger partial charge in [-0.15, -0.1) is 0 Å². The molecule has 3 heteroatoms. The second-order valence-electron chi connectivity index (χ2n) is 2.15. The van der Waals surface area contributed by atoms with Crippen LogP contribution in [0, 0.1) is 11.5 Å². The SMILES string of the molecule is N#CNCC1=CCOCC1. The van der Waals surface area contributed by atoms with Crippen LogP contribution in [-0.4, -0.2) is 19.8 Å². The molecule has 1 aliphatic rings. The van der Waals surface area contributed by atoms with Crippen LogP contribution >= 0.6 is 0 Å². The molecule has 0 aromatic rings. The third kappa shape index (κ3) is 2.08. The molecule has 0 aliphatic carbocycles. The Morgan fingerprint density at radius 1 is 1.80 bits per heavy atom. The quantitative estimate of drug-likeness (QED) is 0.341. The molecule has 0 saturated carbocycles. The topological polar surface area (TPSA) is 45.0 Å². The molecule has 0 aromatic carbocycles. The summed E-state index contributed by atoms with van der Waals surface area (Å²) in [5, 5.41) is 10.8. The van der Waals surface area contributed by atoms with Crippen molar-refractivity contribution in [2.24, 2.45) is 0 Å². The van der Waals surface area contributed by atoms with Gasteiger partial charge in [0, 0.05) is 6.54 Å². The summed E-state index contributed by atoms with van der Waals surface area (Å²) in [7, 11) is 0. The lowest BCUT2D eigenvalue weighted by molar-refractivity contribution is 0.154. The first-order chi connectivity index (χ1) is 4.93. The lowest BCUT2D eigenvalue weighted by Gasteiger charge is -2.11. The third-order valence-electron chi connectivity index (χ3n) is 1.45. The summed E-state index contributed by atoms with van der Waals surface area (Å²) in [4.78, 5) is 0. The fraction of sp³-hybridized carbons (Fsp3) is 0.571. The van der Waals surface area contributed by atoms with Crippen molar-refractivity contribution in [2.45, 2.75) is 6.42 Å². The highest BCUT2D eigenvalue weighted by atomic mass is 16.5. The summed E-state index contributed by atoms with van der Waals surface area (Å²) >= 11 is 0. The average Bonchev–Trinajstić information content (AvgIpc) is 2.03. The first kappa shape index (κ1) is 7.10. The van der Waals surface area contributed by atoms with Crippen molar-refractivity contribution in [2.75, 3.05) is 19.8 Å². The van der Waals surface area contributed by atoms with E-state index >= 15 is 0 Å². The van der Waals surface area contributed by atoms with E-state index in [9.17, 15) is 0 Å². The van der Waals surface area contributed by atoms with Crippen molar-refractivity contribution >= 4 is 0 Å². The second kappa shape index (κ2) is 3.91. The largest absolute Gasteiger partial charge is 0.377 e. The van der Waals surface area contributed by atoms with E-state index in [0.717, 1.165) is 13.0 Å². The lowest BCUT2D eigenvalue weighted by Crippen LogP contribution is -2.15. The third-order valence-corrected chi connectivity index (χ3v) is 1.45. The predicted octanol–water partition coefficient (Wildman–Crippen LogP) is 0.404. The minimum Gasteiger partial charge on any atom is -0.377 e. The van der Waals surface area contributed by atoms with Crippen LogP contribution in [0.2, 0.25) is 0 Å². The summed E-state index contributed by atoms with van der Waals surface area (Å²) in [5.41, 5.74) is 1.27. The molecule has 0 fully saturated rings. The zero-order valence-electron chi connectivity index (χ0n) is 5.76. The van der Waals surface area contributed by atoms with Crippen molar-refractivity contribution in [3.8, 4) is 6.19 Å². The van der Waals surface area contributed by atoms with E-state index in [-0.39, 0.29) is 0 Å². The smallest absolute Gasteiger partial charge is 0.176 e. The number of hydrogen-bond donors (Lipinski definition) is 1. The predicted molar refractivity (Wildman–Crippen MR) is 37.1 cm³/mol. The molecule has 0 spiro atoms. The molecule has 0 unspecified atom stereocenters. The maximum Gasteiger partial charge on any atom is 0.176 e. The Morgan fingerprint density at radius 3 is 3.30 bits per heavy atom. The zero-order valence-corrected chi connectivity index (χ0v) is 5.76. The minimum atomic E-state index is 0.680. The average molecular weight is 138 g/mol. The molecule has 0 aromatic heterocycles. The Balaban J connectivity index is 2.26. The molecule has 0 bridgehead atoms. The standard InChI is InChI=1S/C7H10N2O/c8-6-9-5-7-1-3-10-4-2-7/h1,9H,2-5H2. The van der Waals surface area contributed by atoms with Gasteiger partial charge in [0.15, 0.2) is 6.19 Å². The fourth-order valence-corrected chi connectivity index (χ4v) is 0.879. The highest BCUT2D eigenvalue weighted by molar-refractivity contribution is 5.07. The van der Waals surface area contributed by atoms with Crippen molar-refractivity contribution in [1.82, 2.24) is 5.32 Å². The summed E-state index contributed by atoms with van der Waals surface area (Å²) in [6.07, 6.45) is 4.86. The Hall–Kier alpha value is -1.01. The van der Waals surface area contributed by atoms with Crippen molar-refractivity contribution in [3.63, 3.8) is 0 Å². The Morgan fingerprint density at radius 2 is 2.70 bits per heavy atom. The molecule has 1 rings (SSSR count). The first-order valence-corrected chi connectivity index (χ1v) is 3.31. The molecule has 3 nitrogen and oxygen atoms in total. The van der Waals surface area contributed by atoms with Crippen LogP contribution in [0.15, 0.2) is 11.6 Å². The second-order valence-corrected chi connectivity index (χ2v) is 2.15. The van der Waals surface area contributed by atoms with Gasteiger partial charge < -0.3 is 10.1 Å². The highest BCUT2D eigenvalue weighted by Crippen LogP contribution is 2.05. The molecular formula is C7H10N2O. The van der Waals surface area contributed by atoms with E-state index in [1.165, 1.54) is 5.57 Å². The van der Waals surface area contributed by atoms with Crippen LogP contribution in [0.25, 0.3) is 0 Å². The van der Waals surface area contributed by atoms with Gasteiger partial charge in [-0.3, -0.25) is 0 Å². The molecular weight excluding hydrogens is 128 g/mol. The molecule has 1 heterocycles. The molecule has 0 saturated heterocycles. The molecule has 1 aliphatic heterocycles. The monoisotopic (exact) mass is 138 g/mol. The van der Waals surface area contributed by atoms with Crippen LogP contribution in [0.3, 0.4) is 0 Å². The van der Waals surface area contributed by atoms with Gasteiger partial charge in [-0.1, -0.05) is 6.08 Å². The highest BCUT2D eigenvalue weighted by Gasteiger charge is 2.01. The number of nitrogens with one attached hydrogen (secondary N) is 1. The first-order valence-electron chi connectivity index (χ1n) is 3.31. The van der Waals surface area contributed by atoms with Crippen LogP contribution in [0.5, 0.6) is 0 Å². The number of nitriles is 1. The minimum absolute atomic E-state index is 0.680. The Bertz CT molecular complexity index is 169. The molecule has 10 heavy (non-hydrogen) atoms. The molecule has 54 valence electrons. The number of hydrogen-bond acceptors (Lipinski definition) is 3. The number of ether oxygens (including phenoxy) is 1. The van der Waals surface area contributed by atoms with E-state index < -0.39 is 0 Å². The molecule has 1 N–H and O–H groups in total. The summed E-state index contributed by atoms with van der Waals surface area (Å²) in [6, 6.07) is 0. The van der Waals surface area contributed by atoms with Gasteiger partial charge in [-0.2, -0.15) is 5.26 Å². The fourth-order valence-electron chi connectivity index (χ4n) is 0.879. The molecule has 0 radical (unpaired) electrons. The summed E-state index contributed by atoms with van der Waals surface area (Å²) in [5.74, 6) is 0. The van der Waals surface area contributed by atoms with Gasteiger partial charge in [0.25, 0.3) is 0 Å². The maximum absolute atomic E-state index is 8.18. The summed E-state index contributed by atoms with van der Waals surface area (Å²) in [6.45, 7) is 2.17. The van der Waals surface area contributed by atoms with Crippen LogP contribution in [-0.2, 0) is 4.74 Å². The summed E-state index contributed by atoms with van der Waals surface area (Å²) < 4.78 is 5.09. The van der Waals surface area contributed by atoms with Gasteiger partial charge in [0.05, 0.1) is 13.2 Å². The molecule has 0 atom stereocenters. The van der Waals surface area contributed by atoms with Gasteiger partial charge in [0.2, 0.25) is 0 Å². The Kier molecular flexibility index (Phi) is 2.78. The lowest BCUT2D eigenvalue weighted by atomic mass is 10.1.